The summed E-state index contributed by atoms with van der Waals surface area (Å²) in [5.41, 5.74) is 1.41. The predicted molar refractivity (Wildman–Crippen MR) is 74.1 cm³/mol. The fourth-order valence-corrected chi connectivity index (χ4v) is 2.35. The van der Waals surface area contributed by atoms with Gasteiger partial charge in [-0.15, -0.1) is 11.6 Å². The summed E-state index contributed by atoms with van der Waals surface area (Å²) >= 11 is 6.17. The maximum absolute atomic E-state index is 13.5. The molecule has 0 spiro atoms. The third-order valence-corrected chi connectivity index (χ3v) is 3.24. The number of hydrogen-bond acceptors (Lipinski definition) is 3. The third-order valence-electron chi connectivity index (χ3n) is 3.04. The van der Waals surface area contributed by atoms with Crippen LogP contribution in [0.1, 0.15) is 23.9 Å². The molecule has 0 amide bonds. The lowest BCUT2D eigenvalue weighted by Gasteiger charge is -2.08. The maximum Gasteiger partial charge on any atom is 0.170 e. The Labute approximate surface area is 120 Å². The molecule has 0 aliphatic heterocycles. The van der Waals surface area contributed by atoms with Gasteiger partial charge >= 0.3 is 0 Å². The molecule has 20 heavy (non-hydrogen) atoms. The van der Waals surface area contributed by atoms with Gasteiger partial charge in [-0.3, -0.25) is 4.68 Å². The quantitative estimate of drug-likeness (QED) is 0.698. The van der Waals surface area contributed by atoms with E-state index in [0.717, 1.165) is 0 Å². The fourth-order valence-electron chi connectivity index (χ4n) is 2.18. The molecule has 0 saturated carbocycles. The van der Waals surface area contributed by atoms with Crippen LogP contribution in [0.3, 0.4) is 0 Å². The number of rotatable bonds is 3. The van der Waals surface area contributed by atoms with Gasteiger partial charge in [-0.2, -0.15) is 5.10 Å². The fraction of sp³-hybridized carbons (Fsp3) is 0.308. The van der Waals surface area contributed by atoms with Gasteiger partial charge < -0.3 is 4.57 Å². The van der Waals surface area contributed by atoms with E-state index in [2.05, 4.69) is 15.1 Å². The van der Waals surface area contributed by atoms with Gasteiger partial charge in [0.1, 0.15) is 18.0 Å². The second kappa shape index (κ2) is 4.86. The van der Waals surface area contributed by atoms with Gasteiger partial charge in [-0.25, -0.2) is 14.4 Å². The van der Waals surface area contributed by atoms with Gasteiger partial charge in [-0.1, -0.05) is 0 Å². The molecule has 0 N–H and O–H groups in total. The van der Waals surface area contributed by atoms with Crippen LogP contribution in [-0.2, 0) is 13.6 Å². The number of fused-ring (bicyclic) bond motifs is 1. The largest absolute Gasteiger partial charge is 0.319 e. The summed E-state index contributed by atoms with van der Waals surface area (Å²) in [5.74, 6) is 1.01. The van der Waals surface area contributed by atoms with E-state index < -0.39 is 0 Å². The molecule has 0 bridgehead atoms. The van der Waals surface area contributed by atoms with Crippen LogP contribution in [0.15, 0.2) is 24.5 Å². The topological polar surface area (TPSA) is 48.5 Å². The minimum absolute atomic E-state index is 0.283. The van der Waals surface area contributed by atoms with E-state index in [0.29, 0.717) is 29.2 Å². The molecule has 1 atom stereocenters. The second-order valence-electron chi connectivity index (χ2n) is 4.64. The summed E-state index contributed by atoms with van der Waals surface area (Å²) in [7, 11) is 1.80. The van der Waals surface area contributed by atoms with Crippen LogP contribution in [-0.4, -0.2) is 24.3 Å². The third kappa shape index (κ3) is 2.27. The monoisotopic (exact) mass is 293 g/mol. The van der Waals surface area contributed by atoms with Gasteiger partial charge in [0, 0.05) is 7.05 Å². The van der Waals surface area contributed by atoms with Crippen LogP contribution in [0.5, 0.6) is 0 Å². The zero-order chi connectivity index (χ0) is 14.3. The highest BCUT2D eigenvalue weighted by Crippen LogP contribution is 2.25. The number of aryl methyl sites for hydroxylation is 1. The lowest BCUT2D eigenvalue weighted by Crippen LogP contribution is -2.07. The van der Waals surface area contributed by atoms with Crippen molar-refractivity contribution < 1.29 is 4.39 Å². The average molecular weight is 294 g/mol. The number of alkyl halides is 1. The predicted octanol–water partition coefficient (Wildman–Crippen LogP) is 2.65. The van der Waals surface area contributed by atoms with Gasteiger partial charge in [0.15, 0.2) is 5.82 Å². The Bertz CT molecular complexity index is 761. The van der Waals surface area contributed by atoms with Crippen LogP contribution in [0.25, 0.3) is 11.0 Å². The van der Waals surface area contributed by atoms with Crippen molar-refractivity contribution in [3.05, 3.63) is 42.0 Å². The van der Waals surface area contributed by atoms with E-state index in [1.54, 1.807) is 24.1 Å². The van der Waals surface area contributed by atoms with Crippen LogP contribution < -0.4 is 0 Å². The summed E-state index contributed by atoms with van der Waals surface area (Å²) in [6.45, 7) is 2.24. The summed E-state index contributed by atoms with van der Waals surface area (Å²) in [5, 5.41) is 3.95. The summed E-state index contributed by atoms with van der Waals surface area (Å²) in [6.07, 6.45) is 1.62. The van der Waals surface area contributed by atoms with E-state index in [9.17, 15) is 4.39 Å². The van der Waals surface area contributed by atoms with E-state index >= 15 is 0 Å². The molecule has 5 nitrogen and oxygen atoms in total. The molecular formula is C13H13ClFN5. The van der Waals surface area contributed by atoms with Crippen molar-refractivity contribution in [3.8, 4) is 0 Å². The van der Waals surface area contributed by atoms with E-state index in [4.69, 9.17) is 11.6 Å². The summed E-state index contributed by atoms with van der Waals surface area (Å²) in [4.78, 5) is 8.64. The summed E-state index contributed by atoms with van der Waals surface area (Å²) in [6, 6.07) is 4.49. The van der Waals surface area contributed by atoms with Gasteiger partial charge in [0.05, 0.1) is 23.0 Å². The molecule has 1 unspecified atom stereocenters. The Morgan fingerprint density at radius 3 is 2.85 bits per heavy atom. The first-order chi connectivity index (χ1) is 9.54. The molecule has 0 aliphatic carbocycles. The first-order valence-corrected chi connectivity index (χ1v) is 6.62. The van der Waals surface area contributed by atoms with E-state index in [1.807, 2.05) is 11.5 Å². The van der Waals surface area contributed by atoms with Crippen LogP contribution >= 0.6 is 11.6 Å². The molecule has 0 aliphatic rings. The van der Waals surface area contributed by atoms with E-state index in [1.165, 1.54) is 12.1 Å². The number of imidazole rings is 1. The van der Waals surface area contributed by atoms with Gasteiger partial charge in [0.25, 0.3) is 0 Å². The Balaban J connectivity index is 2.15. The van der Waals surface area contributed by atoms with E-state index in [-0.39, 0.29) is 11.2 Å². The first-order valence-electron chi connectivity index (χ1n) is 6.19. The molecule has 0 saturated heterocycles. The minimum Gasteiger partial charge on any atom is -0.319 e. The highest BCUT2D eigenvalue weighted by Gasteiger charge is 2.16. The minimum atomic E-state index is -0.304. The Morgan fingerprint density at radius 1 is 1.40 bits per heavy atom. The lowest BCUT2D eigenvalue weighted by molar-refractivity contribution is 0.627. The van der Waals surface area contributed by atoms with Crippen LogP contribution in [0, 0.1) is 5.82 Å². The highest BCUT2D eigenvalue weighted by atomic mass is 35.5. The molecule has 0 radical (unpaired) electrons. The van der Waals surface area contributed by atoms with Crippen molar-refractivity contribution in [1.29, 1.82) is 0 Å². The van der Waals surface area contributed by atoms with Crippen molar-refractivity contribution in [2.24, 2.45) is 7.05 Å². The van der Waals surface area contributed by atoms with Crippen LogP contribution in [0.4, 0.5) is 4.39 Å². The van der Waals surface area contributed by atoms with Gasteiger partial charge in [0.2, 0.25) is 0 Å². The molecule has 2 aromatic heterocycles. The molecule has 7 heteroatoms. The van der Waals surface area contributed by atoms with Crippen molar-refractivity contribution >= 4 is 22.6 Å². The molecule has 3 rings (SSSR count). The first kappa shape index (κ1) is 13.1. The maximum atomic E-state index is 13.5. The number of hydrogen-bond donors (Lipinski definition) is 0. The number of aromatic nitrogens is 5. The Morgan fingerprint density at radius 2 is 2.20 bits per heavy atom. The summed E-state index contributed by atoms with van der Waals surface area (Å²) < 4.78 is 16.9. The van der Waals surface area contributed by atoms with Gasteiger partial charge in [-0.05, 0) is 25.1 Å². The zero-order valence-electron chi connectivity index (χ0n) is 11.1. The van der Waals surface area contributed by atoms with Crippen molar-refractivity contribution in [2.45, 2.75) is 18.8 Å². The standard InChI is InChI=1S/C13H13ClFN5/c1-8(14)13-17-10-4-3-9(15)5-11(10)20(13)6-12-16-7-19(2)18-12/h3-5,7-8H,6H2,1-2H3. The van der Waals surface area contributed by atoms with Crippen molar-refractivity contribution in [1.82, 2.24) is 24.3 Å². The number of nitrogens with zero attached hydrogens (tertiary/aromatic N) is 5. The molecule has 3 aromatic rings. The molecular weight excluding hydrogens is 281 g/mol. The molecule has 1 aromatic carbocycles. The molecule has 0 fully saturated rings. The normalized spacial score (nSPS) is 13.0. The second-order valence-corrected chi connectivity index (χ2v) is 5.29. The highest BCUT2D eigenvalue weighted by molar-refractivity contribution is 6.20. The number of benzene rings is 1. The average Bonchev–Trinajstić information content (AvgIpc) is 2.95. The lowest BCUT2D eigenvalue weighted by atomic mass is 10.3. The van der Waals surface area contributed by atoms with Crippen molar-refractivity contribution in [2.75, 3.05) is 0 Å². The Hall–Kier alpha value is -1.95. The van der Waals surface area contributed by atoms with Crippen molar-refractivity contribution in [3.63, 3.8) is 0 Å². The Kier molecular flexibility index (Phi) is 3.17. The molecule has 104 valence electrons. The van der Waals surface area contributed by atoms with Crippen LogP contribution in [0.2, 0.25) is 0 Å². The number of halogens is 2. The molecule has 2 heterocycles. The zero-order valence-corrected chi connectivity index (χ0v) is 11.8. The SMILES string of the molecule is CC(Cl)c1nc2ccc(F)cc2n1Cc1ncn(C)n1. The smallest absolute Gasteiger partial charge is 0.170 e.